The summed E-state index contributed by atoms with van der Waals surface area (Å²) in [6.45, 7) is 0.0433. The molecule has 2 aliphatic heterocycles. The van der Waals surface area contributed by atoms with Crippen LogP contribution in [0.25, 0.3) is 22.3 Å². The van der Waals surface area contributed by atoms with Crippen LogP contribution in [0, 0.1) is 0 Å². The van der Waals surface area contributed by atoms with Gasteiger partial charge in [-0.05, 0) is 105 Å². The predicted molar refractivity (Wildman–Crippen MR) is 221 cm³/mol. The molecule has 0 radical (unpaired) electrons. The van der Waals surface area contributed by atoms with E-state index in [1.165, 1.54) is 50.0 Å². The van der Waals surface area contributed by atoms with Crippen LogP contribution in [0.15, 0.2) is 200 Å². The van der Waals surface area contributed by atoms with Crippen LogP contribution in [-0.4, -0.2) is 6.71 Å². The van der Waals surface area contributed by atoms with Crippen molar-refractivity contribution in [2.75, 3.05) is 15.1 Å². The van der Waals surface area contributed by atoms with Crippen molar-refractivity contribution in [1.82, 2.24) is 0 Å². The number of hydrogen-bond acceptors (Lipinski definition) is 3. The quantitative estimate of drug-likeness (QED) is 0.179. The molecule has 0 spiro atoms. The third-order valence-corrected chi connectivity index (χ3v) is 10.4. The third-order valence-electron chi connectivity index (χ3n) is 10.4. The Morgan fingerprint density at radius 3 is 1.56 bits per heavy atom. The van der Waals surface area contributed by atoms with E-state index in [9.17, 15) is 0 Å². The lowest BCUT2D eigenvalue weighted by Crippen LogP contribution is -2.60. The Labute approximate surface area is 305 Å². The summed E-state index contributed by atoms with van der Waals surface area (Å²) in [7, 11) is 0. The number of fused-ring (bicyclic) bond motifs is 4. The molecule has 8 aromatic rings. The third kappa shape index (κ3) is 5.08. The standard InChI is InChI=1S/C48H34BN3/c1-6-16-34(17-7-1)36-26-28-42-44(30-36)50-45-31-37(35-18-8-2-9-19-35)32-47-48(45)49(42)43-29-27-41(33-46(43)52(47)40-24-14-5-15-25-40)51(38-20-10-3-11-21-38)39-22-12-4-13-23-39/h1-33,50H. The van der Waals surface area contributed by atoms with Crippen molar-refractivity contribution in [3.05, 3.63) is 200 Å². The number of benzene rings is 8. The molecule has 0 unspecified atom stereocenters. The predicted octanol–water partition coefficient (Wildman–Crippen LogP) is 10.8. The fraction of sp³-hybridized carbons (Fsp3) is 0. The van der Waals surface area contributed by atoms with Crippen LogP contribution in [0.1, 0.15) is 0 Å². The molecule has 0 bridgehead atoms. The van der Waals surface area contributed by atoms with Gasteiger partial charge in [-0.3, -0.25) is 0 Å². The molecule has 2 aliphatic rings. The van der Waals surface area contributed by atoms with Gasteiger partial charge in [0.05, 0.1) is 0 Å². The molecule has 8 aromatic carbocycles. The van der Waals surface area contributed by atoms with Crippen LogP contribution in [0.3, 0.4) is 0 Å². The molecule has 0 aliphatic carbocycles. The first-order valence-electron chi connectivity index (χ1n) is 17.9. The van der Waals surface area contributed by atoms with Gasteiger partial charge in [-0.1, -0.05) is 133 Å². The van der Waals surface area contributed by atoms with Gasteiger partial charge in [0.1, 0.15) is 0 Å². The lowest BCUT2D eigenvalue weighted by Gasteiger charge is -2.41. The normalized spacial score (nSPS) is 12.3. The first-order valence-corrected chi connectivity index (χ1v) is 17.9. The molecule has 52 heavy (non-hydrogen) atoms. The summed E-state index contributed by atoms with van der Waals surface area (Å²) in [6.07, 6.45) is 0. The molecular weight excluding hydrogens is 629 g/mol. The summed E-state index contributed by atoms with van der Waals surface area (Å²) in [4.78, 5) is 4.83. The Balaban J connectivity index is 1.24. The van der Waals surface area contributed by atoms with Gasteiger partial charge in [0.25, 0.3) is 6.71 Å². The molecule has 1 N–H and O–H groups in total. The second-order valence-electron chi connectivity index (χ2n) is 13.5. The maximum absolute atomic E-state index is 3.94. The van der Waals surface area contributed by atoms with Crippen LogP contribution in [0.2, 0.25) is 0 Å². The van der Waals surface area contributed by atoms with Crippen LogP contribution in [-0.2, 0) is 0 Å². The minimum Gasteiger partial charge on any atom is -0.356 e. The van der Waals surface area contributed by atoms with Gasteiger partial charge in [-0.2, -0.15) is 0 Å². The van der Waals surface area contributed by atoms with Crippen molar-refractivity contribution in [3.8, 4) is 22.3 Å². The smallest absolute Gasteiger partial charge is 0.252 e. The van der Waals surface area contributed by atoms with E-state index in [1.807, 2.05) is 0 Å². The maximum atomic E-state index is 3.94. The van der Waals surface area contributed by atoms with Crippen molar-refractivity contribution < 1.29 is 0 Å². The van der Waals surface area contributed by atoms with Gasteiger partial charge in [0.15, 0.2) is 0 Å². The van der Waals surface area contributed by atoms with Gasteiger partial charge in [-0.15, -0.1) is 0 Å². The Morgan fingerprint density at radius 1 is 0.385 bits per heavy atom. The van der Waals surface area contributed by atoms with Gasteiger partial charge < -0.3 is 15.1 Å². The molecule has 0 aromatic heterocycles. The molecule has 0 fully saturated rings. The number of rotatable bonds is 6. The molecule has 0 saturated heterocycles. The highest BCUT2D eigenvalue weighted by Gasteiger charge is 2.41. The first-order chi connectivity index (χ1) is 25.8. The van der Waals surface area contributed by atoms with Gasteiger partial charge in [-0.25, -0.2) is 0 Å². The highest BCUT2D eigenvalue weighted by atomic mass is 15.2. The number of para-hydroxylation sites is 3. The van der Waals surface area contributed by atoms with Crippen molar-refractivity contribution in [3.63, 3.8) is 0 Å². The van der Waals surface area contributed by atoms with E-state index in [2.05, 4.69) is 215 Å². The van der Waals surface area contributed by atoms with Crippen molar-refractivity contribution in [2.24, 2.45) is 0 Å². The second kappa shape index (κ2) is 12.5. The number of nitrogens with zero attached hydrogens (tertiary/aromatic N) is 2. The zero-order valence-corrected chi connectivity index (χ0v) is 28.5. The number of hydrogen-bond donors (Lipinski definition) is 1. The molecular formula is C48H34BN3. The molecule has 244 valence electrons. The highest BCUT2D eigenvalue weighted by molar-refractivity contribution is 7.00. The molecule has 0 atom stereocenters. The van der Waals surface area contributed by atoms with E-state index in [1.54, 1.807) is 0 Å². The van der Waals surface area contributed by atoms with Gasteiger partial charge >= 0.3 is 0 Å². The maximum Gasteiger partial charge on any atom is 0.252 e. The Bertz CT molecular complexity index is 2500. The van der Waals surface area contributed by atoms with Crippen LogP contribution < -0.4 is 31.5 Å². The average Bonchev–Trinajstić information content (AvgIpc) is 3.22. The van der Waals surface area contributed by atoms with Crippen molar-refractivity contribution in [1.29, 1.82) is 0 Å². The SMILES string of the molecule is c1ccc(-c2ccc3c(c2)Nc2cc(-c4ccccc4)cc4c2B3c2ccc(N(c3ccccc3)c3ccccc3)cc2N4c2ccccc2)cc1. The molecule has 2 heterocycles. The lowest BCUT2D eigenvalue weighted by molar-refractivity contribution is 1.25. The second-order valence-corrected chi connectivity index (χ2v) is 13.5. The largest absolute Gasteiger partial charge is 0.356 e. The Morgan fingerprint density at radius 2 is 0.923 bits per heavy atom. The minimum absolute atomic E-state index is 0.0433. The summed E-state index contributed by atoms with van der Waals surface area (Å²) in [5.41, 5.74) is 17.8. The summed E-state index contributed by atoms with van der Waals surface area (Å²) in [5, 5.41) is 3.94. The van der Waals surface area contributed by atoms with Crippen molar-refractivity contribution in [2.45, 2.75) is 0 Å². The monoisotopic (exact) mass is 663 g/mol. The molecule has 0 amide bonds. The summed E-state index contributed by atoms with van der Waals surface area (Å²) in [6, 6.07) is 72.3. The van der Waals surface area contributed by atoms with E-state index >= 15 is 0 Å². The molecule has 10 rings (SSSR count). The number of anilines is 8. The summed E-state index contributed by atoms with van der Waals surface area (Å²) in [5.74, 6) is 0. The average molecular weight is 664 g/mol. The Hall–Kier alpha value is -6.78. The fourth-order valence-corrected chi connectivity index (χ4v) is 8.07. The van der Waals surface area contributed by atoms with E-state index in [4.69, 9.17) is 0 Å². The zero-order chi connectivity index (χ0) is 34.4. The highest BCUT2D eigenvalue weighted by Crippen LogP contribution is 2.44. The topological polar surface area (TPSA) is 18.5 Å². The van der Waals surface area contributed by atoms with Crippen LogP contribution >= 0.6 is 0 Å². The van der Waals surface area contributed by atoms with Gasteiger partial charge in [0, 0.05) is 45.5 Å². The summed E-state index contributed by atoms with van der Waals surface area (Å²) >= 11 is 0. The van der Waals surface area contributed by atoms with E-state index < -0.39 is 0 Å². The number of nitrogens with one attached hydrogen (secondary N) is 1. The Kier molecular flexibility index (Phi) is 7.25. The molecule has 0 saturated carbocycles. The van der Waals surface area contributed by atoms with E-state index in [0.717, 1.165) is 34.1 Å². The van der Waals surface area contributed by atoms with E-state index in [0.29, 0.717) is 0 Å². The first kappa shape index (κ1) is 30.1. The fourth-order valence-electron chi connectivity index (χ4n) is 8.07. The van der Waals surface area contributed by atoms with Crippen LogP contribution in [0.4, 0.5) is 45.5 Å². The zero-order valence-electron chi connectivity index (χ0n) is 28.5. The van der Waals surface area contributed by atoms with Crippen molar-refractivity contribution >= 4 is 68.6 Å². The van der Waals surface area contributed by atoms with Gasteiger partial charge in [0.2, 0.25) is 0 Å². The van der Waals surface area contributed by atoms with Crippen LogP contribution in [0.5, 0.6) is 0 Å². The van der Waals surface area contributed by atoms with E-state index in [-0.39, 0.29) is 6.71 Å². The molecule has 4 heteroatoms. The summed E-state index contributed by atoms with van der Waals surface area (Å²) < 4.78 is 0. The lowest BCUT2D eigenvalue weighted by atomic mass is 9.33. The molecule has 3 nitrogen and oxygen atoms in total. The minimum atomic E-state index is 0.0433.